The third-order valence-electron chi connectivity index (χ3n) is 7.43. The van der Waals surface area contributed by atoms with E-state index < -0.39 is 10.0 Å². The Morgan fingerprint density at radius 3 is 2.31 bits per heavy atom. The molecule has 1 heterocycles. The molecule has 0 radical (unpaired) electrons. The normalized spacial score (nSPS) is 21.7. The first-order valence-corrected chi connectivity index (χ1v) is 14.3. The zero-order valence-corrected chi connectivity index (χ0v) is 22.4. The molecular formula is C27H35Cl2N3O2S. The van der Waals surface area contributed by atoms with Crippen LogP contribution < -0.4 is 4.72 Å². The number of nitriles is 1. The first-order valence-electron chi connectivity index (χ1n) is 12.4. The van der Waals surface area contributed by atoms with Crippen LogP contribution in [0.5, 0.6) is 0 Å². The first kappa shape index (κ1) is 28.0. The molecule has 0 unspecified atom stereocenters. The fraction of sp³-hybridized carbons (Fsp3) is 0.519. The fourth-order valence-corrected chi connectivity index (χ4v) is 6.78. The van der Waals surface area contributed by atoms with E-state index in [1.807, 2.05) is 18.2 Å². The van der Waals surface area contributed by atoms with E-state index in [2.05, 4.69) is 21.8 Å². The van der Waals surface area contributed by atoms with Crippen molar-refractivity contribution in [3.05, 3.63) is 64.7 Å². The summed E-state index contributed by atoms with van der Waals surface area (Å²) in [6.07, 6.45) is 8.68. The summed E-state index contributed by atoms with van der Waals surface area (Å²) in [6, 6.07) is 16.6. The predicted molar refractivity (Wildman–Crippen MR) is 143 cm³/mol. The van der Waals surface area contributed by atoms with Crippen LogP contribution >= 0.6 is 24.0 Å². The van der Waals surface area contributed by atoms with Crippen LogP contribution in [0.4, 0.5) is 0 Å². The number of hydrogen-bond donors (Lipinski definition) is 1. The standard InChI is InChI=1S/C27H34ClN3O2S.ClH/c28-25-6-10-27(11-7-25)34(32,33)30-26-8-4-21(5-9-26)12-15-31-16-13-22(14-17-31)18-23-2-1-3-24(19-23)20-29;/h1-3,6-7,10-11,19,21-22,26,30H,4-5,8-9,12-18H2;1H/t21-,26-;. The van der Waals surface area contributed by atoms with Gasteiger partial charge in [-0.1, -0.05) is 23.7 Å². The monoisotopic (exact) mass is 535 g/mol. The van der Waals surface area contributed by atoms with Crippen LogP contribution in [0.15, 0.2) is 53.4 Å². The summed E-state index contributed by atoms with van der Waals surface area (Å²) in [5, 5.41) is 9.63. The van der Waals surface area contributed by atoms with Gasteiger partial charge in [-0.3, -0.25) is 0 Å². The highest BCUT2D eigenvalue weighted by atomic mass is 35.5. The molecule has 190 valence electrons. The summed E-state index contributed by atoms with van der Waals surface area (Å²) in [4.78, 5) is 2.87. The van der Waals surface area contributed by atoms with E-state index in [1.54, 1.807) is 24.3 Å². The van der Waals surface area contributed by atoms with E-state index in [1.165, 1.54) is 24.8 Å². The molecule has 0 bridgehead atoms. The molecule has 0 spiro atoms. The lowest BCUT2D eigenvalue weighted by Gasteiger charge is -2.34. The quantitative estimate of drug-likeness (QED) is 0.462. The third-order valence-corrected chi connectivity index (χ3v) is 9.22. The van der Waals surface area contributed by atoms with Crippen LogP contribution in [0, 0.1) is 23.2 Å². The molecule has 1 N–H and O–H groups in total. The van der Waals surface area contributed by atoms with Gasteiger partial charge in [0.05, 0.1) is 16.5 Å². The molecule has 1 aliphatic carbocycles. The van der Waals surface area contributed by atoms with Gasteiger partial charge >= 0.3 is 0 Å². The summed E-state index contributed by atoms with van der Waals surface area (Å²) < 4.78 is 28.1. The molecule has 4 rings (SSSR count). The van der Waals surface area contributed by atoms with Crippen molar-refractivity contribution in [2.75, 3.05) is 19.6 Å². The SMILES string of the molecule is Cl.N#Cc1cccc(CC2CCN(CC[C@H]3CC[C@H](NS(=O)(=O)c4ccc(Cl)cc4)CC3)CC2)c1. The van der Waals surface area contributed by atoms with Crippen molar-refractivity contribution in [3.63, 3.8) is 0 Å². The smallest absolute Gasteiger partial charge is 0.240 e. The van der Waals surface area contributed by atoms with E-state index >= 15 is 0 Å². The molecule has 1 saturated carbocycles. The van der Waals surface area contributed by atoms with Crippen molar-refractivity contribution >= 4 is 34.0 Å². The maximum atomic E-state index is 12.6. The Morgan fingerprint density at radius 2 is 1.66 bits per heavy atom. The second-order valence-corrected chi connectivity index (χ2v) is 12.0. The molecule has 0 aromatic heterocycles. The second kappa shape index (κ2) is 13.1. The lowest BCUT2D eigenvalue weighted by Crippen LogP contribution is -2.39. The Bertz CT molecular complexity index is 1090. The van der Waals surface area contributed by atoms with Gasteiger partial charge in [0.25, 0.3) is 0 Å². The molecule has 8 heteroatoms. The van der Waals surface area contributed by atoms with Gasteiger partial charge in [-0.05, 0) is 125 Å². The van der Waals surface area contributed by atoms with E-state index in [0.717, 1.165) is 57.3 Å². The summed E-state index contributed by atoms with van der Waals surface area (Å²) in [7, 11) is -3.49. The Kier molecular flexibility index (Phi) is 10.4. The Hall–Kier alpha value is -1.62. The fourth-order valence-electron chi connectivity index (χ4n) is 5.35. The molecule has 1 aliphatic heterocycles. The summed E-state index contributed by atoms with van der Waals surface area (Å²) in [5.74, 6) is 1.39. The predicted octanol–water partition coefficient (Wildman–Crippen LogP) is 5.82. The number of halogens is 2. The molecule has 35 heavy (non-hydrogen) atoms. The molecule has 2 fully saturated rings. The highest BCUT2D eigenvalue weighted by molar-refractivity contribution is 7.89. The number of nitrogens with zero attached hydrogens (tertiary/aromatic N) is 2. The molecular weight excluding hydrogens is 501 g/mol. The summed E-state index contributed by atoms with van der Waals surface area (Å²) in [6.45, 7) is 3.44. The molecule has 2 aromatic carbocycles. The first-order chi connectivity index (χ1) is 16.4. The molecule has 2 aliphatic rings. The number of piperidine rings is 1. The number of likely N-dealkylation sites (tertiary alicyclic amines) is 1. The highest BCUT2D eigenvalue weighted by Gasteiger charge is 2.27. The van der Waals surface area contributed by atoms with Crippen molar-refractivity contribution in [2.45, 2.75) is 62.3 Å². The Balaban J connectivity index is 0.00000342. The van der Waals surface area contributed by atoms with E-state index in [9.17, 15) is 8.42 Å². The van der Waals surface area contributed by atoms with Crippen molar-refractivity contribution in [1.82, 2.24) is 9.62 Å². The number of nitrogens with one attached hydrogen (secondary N) is 1. The number of sulfonamides is 1. The molecule has 5 nitrogen and oxygen atoms in total. The highest BCUT2D eigenvalue weighted by Crippen LogP contribution is 2.29. The van der Waals surface area contributed by atoms with Gasteiger partial charge in [0.1, 0.15) is 0 Å². The minimum Gasteiger partial charge on any atom is -0.303 e. The van der Waals surface area contributed by atoms with Crippen LogP contribution in [-0.2, 0) is 16.4 Å². The minimum absolute atomic E-state index is 0. The van der Waals surface area contributed by atoms with Crippen LogP contribution in [0.25, 0.3) is 0 Å². The minimum atomic E-state index is -3.49. The number of benzene rings is 2. The molecule has 2 aromatic rings. The maximum Gasteiger partial charge on any atom is 0.240 e. The van der Waals surface area contributed by atoms with E-state index in [-0.39, 0.29) is 23.3 Å². The molecule has 1 saturated heterocycles. The number of rotatable bonds is 8. The average Bonchev–Trinajstić information content (AvgIpc) is 2.85. The lowest BCUT2D eigenvalue weighted by atomic mass is 9.84. The average molecular weight is 537 g/mol. The van der Waals surface area contributed by atoms with Crippen LogP contribution in [-0.4, -0.2) is 39.0 Å². The van der Waals surface area contributed by atoms with Gasteiger partial charge in [-0.15, -0.1) is 12.4 Å². The topological polar surface area (TPSA) is 73.2 Å². The molecule has 0 atom stereocenters. The van der Waals surface area contributed by atoms with Crippen molar-refractivity contribution in [3.8, 4) is 6.07 Å². The largest absolute Gasteiger partial charge is 0.303 e. The number of hydrogen-bond acceptors (Lipinski definition) is 4. The van der Waals surface area contributed by atoms with E-state index in [0.29, 0.717) is 16.9 Å². The van der Waals surface area contributed by atoms with Crippen LogP contribution in [0.3, 0.4) is 0 Å². The van der Waals surface area contributed by atoms with E-state index in [4.69, 9.17) is 16.9 Å². The van der Waals surface area contributed by atoms with Crippen LogP contribution in [0.1, 0.15) is 56.1 Å². The van der Waals surface area contributed by atoms with Gasteiger partial charge in [-0.25, -0.2) is 13.1 Å². The van der Waals surface area contributed by atoms with Gasteiger partial charge in [-0.2, -0.15) is 5.26 Å². The summed E-state index contributed by atoms with van der Waals surface area (Å²) in [5.41, 5.74) is 2.03. The second-order valence-electron chi connectivity index (χ2n) is 9.88. The van der Waals surface area contributed by atoms with Crippen LogP contribution in [0.2, 0.25) is 5.02 Å². The van der Waals surface area contributed by atoms with Gasteiger partial charge in [0.15, 0.2) is 0 Å². The third kappa shape index (κ3) is 8.20. The van der Waals surface area contributed by atoms with Crippen molar-refractivity contribution < 1.29 is 8.42 Å². The summed E-state index contributed by atoms with van der Waals surface area (Å²) >= 11 is 5.88. The molecule has 0 amide bonds. The zero-order chi connectivity index (χ0) is 24.0. The van der Waals surface area contributed by atoms with Gasteiger partial charge in [0.2, 0.25) is 10.0 Å². The lowest BCUT2D eigenvalue weighted by molar-refractivity contribution is 0.165. The van der Waals surface area contributed by atoms with Gasteiger partial charge < -0.3 is 4.90 Å². The zero-order valence-electron chi connectivity index (χ0n) is 20.0. The van der Waals surface area contributed by atoms with Gasteiger partial charge in [0, 0.05) is 11.1 Å². The van der Waals surface area contributed by atoms with Crippen molar-refractivity contribution in [2.24, 2.45) is 11.8 Å². The maximum absolute atomic E-state index is 12.6. The van der Waals surface area contributed by atoms with Crippen molar-refractivity contribution in [1.29, 1.82) is 5.26 Å². The Morgan fingerprint density at radius 1 is 0.971 bits per heavy atom. The Labute approximate surface area is 221 Å².